The Bertz CT molecular complexity index is 330. The number of rotatable bonds is 6. The van der Waals surface area contributed by atoms with Gasteiger partial charge in [0.15, 0.2) is 0 Å². The maximum absolute atomic E-state index is 5.74. The second-order valence-corrected chi connectivity index (χ2v) is 3.74. The van der Waals surface area contributed by atoms with Crippen molar-refractivity contribution in [2.45, 2.75) is 46.1 Å². The molecule has 5 heteroatoms. The van der Waals surface area contributed by atoms with Crippen LogP contribution in [0.5, 0.6) is 5.88 Å². The molecule has 0 radical (unpaired) electrons. The predicted octanol–water partition coefficient (Wildman–Crippen LogP) is 1.89. The second kappa shape index (κ2) is 6.27. The molecule has 0 spiro atoms. The number of nitrogens with zero attached hydrogens (tertiary/aromatic N) is 2. The van der Waals surface area contributed by atoms with Gasteiger partial charge >= 0.3 is 0 Å². The third kappa shape index (κ3) is 3.06. The van der Waals surface area contributed by atoms with E-state index in [9.17, 15) is 0 Å². The van der Waals surface area contributed by atoms with Gasteiger partial charge in [-0.05, 0) is 19.8 Å². The fourth-order valence-electron chi connectivity index (χ4n) is 1.37. The van der Waals surface area contributed by atoms with E-state index in [2.05, 4.69) is 29.2 Å². The first kappa shape index (κ1) is 12.7. The molecule has 1 rings (SSSR count). The smallest absolute Gasteiger partial charge is 0.222 e. The molecule has 0 saturated carbocycles. The molecule has 0 amide bonds. The molecule has 0 bridgehead atoms. The number of hydrogen-bond acceptors (Lipinski definition) is 5. The molecule has 1 aromatic heterocycles. The monoisotopic (exact) mass is 224 g/mol. The Morgan fingerprint density at radius 3 is 2.75 bits per heavy atom. The van der Waals surface area contributed by atoms with Crippen molar-refractivity contribution in [3.05, 3.63) is 11.9 Å². The van der Waals surface area contributed by atoms with Crippen LogP contribution in [-0.4, -0.2) is 16.1 Å². The average Bonchev–Trinajstić information content (AvgIpc) is 2.31. The largest absolute Gasteiger partial charge is 0.474 e. The normalized spacial score (nSPS) is 12.2. The van der Waals surface area contributed by atoms with Gasteiger partial charge in [-0.1, -0.05) is 20.3 Å². The number of anilines is 1. The maximum atomic E-state index is 5.74. The number of ether oxygens (including phenoxy) is 1. The van der Waals surface area contributed by atoms with Gasteiger partial charge in [0.2, 0.25) is 5.88 Å². The van der Waals surface area contributed by atoms with Gasteiger partial charge in [-0.2, -0.15) is 0 Å². The Hall–Kier alpha value is -1.36. The van der Waals surface area contributed by atoms with E-state index in [1.54, 1.807) is 0 Å². The van der Waals surface area contributed by atoms with Crippen LogP contribution in [0.25, 0.3) is 0 Å². The van der Waals surface area contributed by atoms with Crippen LogP contribution in [0.15, 0.2) is 6.33 Å². The minimum absolute atomic E-state index is 0.149. The van der Waals surface area contributed by atoms with Crippen LogP contribution in [0, 0.1) is 0 Å². The molecule has 1 atom stereocenters. The lowest BCUT2D eigenvalue weighted by Crippen LogP contribution is -2.16. The molecule has 5 nitrogen and oxygen atoms in total. The number of hydrogen-bond donors (Lipinski definition) is 2. The van der Waals surface area contributed by atoms with Crippen LogP contribution in [0.3, 0.4) is 0 Å². The van der Waals surface area contributed by atoms with Crippen molar-refractivity contribution in [1.29, 1.82) is 0 Å². The molecule has 1 unspecified atom stereocenters. The van der Waals surface area contributed by atoms with E-state index in [1.165, 1.54) is 6.33 Å². The summed E-state index contributed by atoms with van der Waals surface area (Å²) in [5.41, 5.74) is 3.53. The molecule has 0 aliphatic heterocycles. The van der Waals surface area contributed by atoms with Crippen molar-refractivity contribution in [3.63, 3.8) is 0 Å². The van der Waals surface area contributed by atoms with Gasteiger partial charge in [-0.3, -0.25) is 0 Å². The van der Waals surface area contributed by atoms with Crippen LogP contribution < -0.4 is 16.0 Å². The molecule has 0 fully saturated rings. The summed E-state index contributed by atoms with van der Waals surface area (Å²) in [5, 5.41) is 0. The van der Waals surface area contributed by atoms with Crippen molar-refractivity contribution in [1.82, 2.24) is 9.97 Å². The summed E-state index contributed by atoms with van der Waals surface area (Å²) >= 11 is 0. The number of hydrazine groups is 1. The van der Waals surface area contributed by atoms with Gasteiger partial charge in [0.05, 0.1) is 11.7 Å². The zero-order chi connectivity index (χ0) is 12.0. The Kier molecular flexibility index (Phi) is 4.98. The lowest BCUT2D eigenvalue weighted by Gasteiger charge is -2.16. The van der Waals surface area contributed by atoms with Gasteiger partial charge in [-0.25, -0.2) is 15.8 Å². The first-order valence-electron chi connectivity index (χ1n) is 5.70. The highest BCUT2D eigenvalue weighted by Crippen LogP contribution is 2.24. The molecule has 90 valence electrons. The van der Waals surface area contributed by atoms with Crippen molar-refractivity contribution < 1.29 is 4.74 Å². The zero-order valence-corrected chi connectivity index (χ0v) is 10.2. The Balaban J connectivity index is 2.96. The standard InChI is InChI=1S/C11H20N4O/c1-4-6-9-10(15-12)13-7-14-11(9)16-8(3)5-2/h7-8H,4-6,12H2,1-3H3,(H,13,14,15). The fraction of sp³-hybridized carbons (Fsp3) is 0.636. The van der Waals surface area contributed by atoms with Crippen LogP contribution in [0.1, 0.15) is 39.2 Å². The zero-order valence-electron chi connectivity index (χ0n) is 10.2. The molecule has 3 N–H and O–H groups in total. The maximum Gasteiger partial charge on any atom is 0.222 e. The Labute approximate surface area is 96.4 Å². The molecule has 16 heavy (non-hydrogen) atoms. The highest BCUT2D eigenvalue weighted by molar-refractivity contribution is 5.47. The van der Waals surface area contributed by atoms with Crippen LogP contribution in [0.2, 0.25) is 0 Å². The molecule has 0 aromatic carbocycles. The van der Waals surface area contributed by atoms with Crippen molar-refractivity contribution in [2.24, 2.45) is 5.84 Å². The third-order valence-corrected chi connectivity index (χ3v) is 2.43. The first-order valence-corrected chi connectivity index (χ1v) is 5.70. The first-order chi connectivity index (χ1) is 7.72. The van der Waals surface area contributed by atoms with E-state index < -0.39 is 0 Å². The molecule has 0 saturated heterocycles. The highest BCUT2D eigenvalue weighted by Gasteiger charge is 2.13. The highest BCUT2D eigenvalue weighted by atomic mass is 16.5. The summed E-state index contributed by atoms with van der Waals surface area (Å²) in [6, 6.07) is 0. The molecular weight excluding hydrogens is 204 g/mol. The predicted molar refractivity (Wildman–Crippen MR) is 64.2 cm³/mol. The number of nitrogens with two attached hydrogens (primary N) is 1. The van der Waals surface area contributed by atoms with Gasteiger partial charge in [0.1, 0.15) is 12.1 Å². The number of nitrogen functional groups attached to an aromatic ring is 1. The topological polar surface area (TPSA) is 73.1 Å². The number of nitrogens with one attached hydrogen (secondary N) is 1. The van der Waals surface area contributed by atoms with E-state index in [0.717, 1.165) is 24.8 Å². The van der Waals surface area contributed by atoms with Gasteiger partial charge in [0.25, 0.3) is 0 Å². The Morgan fingerprint density at radius 1 is 1.44 bits per heavy atom. The molecule has 1 aromatic rings. The number of aromatic nitrogens is 2. The van der Waals surface area contributed by atoms with Crippen LogP contribution in [0.4, 0.5) is 5.82 Å². The van der Waals surface area contributed by atoms with Gasteiger partial charge in [0, 0.05) is 0 Å². The summed E-state index contributed by atoms with van der Waals surface area (Å²) in [4.78, 5) is 8.25. The van der Waals surface area contributed by atoms with E-state index in [-0.39, 0.29) is 6.10 Å². The lowest BCUT2D eigenvalue weighted by atomic mass is 10.1. The summed E-state index contributed by atoms with van der Waals surface area (Å²) in [7, 11) is 0. The van der Waals surface area contributed by atoms with Crippen molar-refractivity contribution in [2.75, 3.05) is 5.43 Å². The quantitative estimate of drug-likeness (QED) is 0.570. The minimum atomic E-state index is 0.149. The van der Waals surface area contributed by atoms with Crippen LogP contribution >= 0.6 is 0 Å². The summed E-state index contributed by atoms with van der Waals surface area (Å²) < 4.78 is 5.74. The second-order valence-electron chi connectivity index (χ2n) is 3.74. The van der Waals surface area contributed by atoms with Crippen molar-refractivity contribution in [3.8, 4) is 5.88 Å². The third-order valence-electron chi connectivity index (χ3n) is 2.43. The average molecular weight is 224 g/mol. The minimum Gasteiger partial charge on any atom is -0.474 e. The van der Waals surface area contributed by atoms with Gasteiger partial charge < -0.3 is 10.2 Å². The summed E-state index contributed by atoms with van der Waals surface area (Å²) in [6.07, 6.45) is 4.41. The van der Waals surface area contributed by atoms with E-state index in [0.29, 0.717) is 11.7 Å². The molecular formula is C11H20N4O. The van der Waals surface area contributed by atoms with E-state index in [1.807, 2.05) is 6.92 Å². The van der Waals surface area contributed by atoms with E-state index >= 15 is 0 Å². The summed E-state index contributed by atoms with van der Waals surface area (Å²) in [5.74, 6) is 6.70. The molecule has 0 aliphatic rings. The molecule has 1 heterocycles. The van der Waals surface area contributed by atoms with Crippen molar-refractivity contribution >= 4 is 5.82 Å². The SMILES string of the molecule is CCCc1c(NN)ncnc1OC(C)CC. The van der Waals surface area contributed by atoms with Crippen LogP contribution in [-0.2, 0) is 6.42 Å². The van der Waals surface area contributed by atoms with Gasteiger partial charge in [-0.15, -0.1) is 0 Å². The fourth-order valence-corrected chi connectivity index (χ4v) is 1.37. The Morgan fingerprint density at radius 2 is 2.19 bits per heavy atom. The van der Waals surface area contributed by atoms with E-state index in [4.69, 9.17) is 10.6 Å². The lowest BCUT2D eigenvalue weighted by molar-refractivity contribution is 0.206. The summed E-state index contributed by atoms with van der Waals surface area (Å²) in [6.45, 7) is 6.20. The molecule has 0 aliphatic carbocycles.